The van der Waals surface area contributed by atoms with Crippen LogP contribution in [0, 0.1) is 0 Å². The Kier molecular flexibility index (Phi) is 10.1. The molecule has 0 nitrogen and oxygen atoms in total. The summed E-state index contributed by atoms with van der Waals surface area (Å²) in [4.78, 5) is 0. The molecular weight excluding hydrogens is 257 g/mol. The van der Waals surface area contributed by atoms with Gasteiger partial charge in [-0.05, 0) is 68.7 Å². The van der Waals surface area contributed by atoms with Crippen molar-refractivity contribution in [3.63, 3.8) is 0 Å². The van der Waals surface area contributed by atoms with Gasteiger partial charge < -0.3 is 0 Å². The smallest absolute Gasteiger partial charge is 0.000583 e. The first-order valence-corrected chi connectivity index (χ1v) is 11.1. The molecule has 0 aliphatic carbocycles. The van der Waals surface area contributed by atoms with E-state index >= 15 is 0 Å². The molecule has 8 heteroatoms. The van der Waals surface area contributed by atoms with Crippen molar-refractivity contribution in [2.75, 3.05) is 0 Å². The summed E-state index contributed by atoms with van der Waals surface area (Å²) in [6, 6.07) is 0. The largest absolute Gasteiger partial charge is 0.0988 e. The Morgan fingerprint density at radius 1 is 1.25 bits per heavy atom. The van der Waals surface area contributed by atoms with E-state index in [9.17, 15) is 0 Å². The van der Waals surface area contributed by atoms with Crippen LogP contribution in [0.2, 0.25) is 0 Å². The maximum Gasteiger partial charge on any atom is -0.000583 e. The third-order valence-electron chi connectivity index (χ3n) is 0.149. The summed E-state index contributed by atoms with van der Waals surface area (Å²) in [6.45, 7) is 0. The molecule has 0 aromatic heterocycles. The third-order valence-corrected chi connectivity index (χ3v) is 12.1. The maximum absolute atomic E-state index is 4.77. The van der Waals surface area contributed by atoms with Crippen molar-refractivity contribution < 1.29 is 0 Å². The Balaban J connectivity index is 2.94. The molecule has 0 fully saturated rings. The molecular formula is H2S8. The Labute approximate surface area is 79.3 Å². The molecule has 0 aliphatic heterocycles. The lowest BCUT2D eigenvalue weighted by molar-refractivity contribution is 5.70. The highest BCUT2D eigenvalue weighted by Crippen LogP contribution is 2.44. The van der Waals surface area contributed by atoms with Gasteiger partial charge in [-0.3, -0.25) is 0 Å². The van der Waals surface area contributed by atoms with Crippen LogP contribution in [0.3, 0.4) is 0 Å². The van der Waals surface area contributed by atoms with E-state index in [2.05, 4.69) is 11.7 Å². The zero-order chi connectivity index (χ0) is 6.41. The van der Waals surface area contributed by atoms with Gasteiger partial charge in [0.25, 0.3) is 0 Å². The van der Waals surface area contributed by atoms with Crippen LogP contribution in [0.1, 0.15) is 0 Å². The van der Waals surface area contributed by atoms with Crippen LogP contribution >= 0.6 is 51.0 Å². The fourth-order valence-corrected chi connectivity index (χ4v) is 12.1. The quantitative estimate of drug-likeness (QED) is 0.449. The molecule has 0 N–H and O–H groups in total. The number of hydrogen-bond acceptors (Lipinski definition) is 7. The second kappa shape index (κ2) is 7.64. The van der Waals surface area contributed by atoms with Crippen molar-refractivity contribution in [2.45, 2.75) is 0 Å². The van der Waals surface area contributed by atoms with Crippen LogP contribution in [0.5, 0.6) is 0 Å². The molecule has 0 unspecified atom stereocenters. The zero-order valence-corrected chi connectivity index (χ0v) is 10.0. The van der Waals surface area contributed by atoms with Crippen LogP contribution in [0.25, 0.3) is 0 Å². The molecule has 0 saturated carbocycles. The summed E-state index contributed by atoms with van der Waals surface area (Å²) in [5.41, 5.74) is 0. The molecule has 0 rings (SSSR count). The highest BCUT2D eigenvalue weighted by molar-refractivity contribution is 9.41. The second-order valence-corrected chi connectivity index (χ2v) is 13.7. The fourth-order valence-electron chi connectivity index (χ4n) is 0.0497. The van der Waals surface area contributed by atoms with E-state index in [-0.39, 0.29) is 0 Å². The molecule has 0 aliphatic rings. The highest BCUT2D eigenvalue weighted by Gasteiger charge is 1.84. The Morgan fingerprint density at radius 2 is 1.88 bits per heavy atom. The SMILES string of the molecule is S=[SH](=S)SSSSS. The normalized spacial score (nSPS) is 10.2. The average Bonchev–Trinajstić information content (AvgIpc) is 1.66. The van der Waals surface area contributed by atoms with Crippen LogP contribution in [0.15, 0.2) is 0 Å². The molecule has 0 bridgehead atoms. The third kappa shape index (κ3) is 8.54. The predicted octanol–water partition coefficient (Wildman–Crippen LogP) is 2.70. The summed E-state index contributed by atoms with van der Waals surface area (Å²) in [7, 11) is 5.52. The molecule has 8 heavy (non-hydrogen) atoms. The van der Waals surface area contributed by atoms with E-state index in [1.54, 1.807) is 29.5 Å². The maximum atomic E-state index is 4.77. The summed E-state index contributed by atoms with van der Waals surface area (Å²) in [5.74, 6) is 0. The van der Waals surface area contributed by atoms with Gasteiger partial charge in [0.15, 0.2) is 0 Å². The van der Waals surface area contributed by atoms with E-state index < -0.39 is 7.05 Å². The lowest BCUT2D eigenvalue weighted by Crippen LogP contribution is -1.43. The molecule has 0 amide bonds. The van der Waals surface area contributed by atoms with E-state index in [0.29, 0.717) is 0 Å². The minimum atomic E-state index is -0.634. The van der Waals surface area contributed by atoms with E-state index in [1.807, 2.05) is 0 Å². The summed E-state index contributed by atoms with van der Waals surface area (Å²) < 4.78 is 0. The van der Waals surface area contributed by atoms with Crippen molar-refractivity contribution in [3.05, 3.63) is 0 Å². The van der Waals surface area contributed by atoms with Gasteiger partial charge in [-0.15, -0.1) is 0 Å². The second-order valence-electron chi connectivity index (χ2n) is 0.509. The summed E-state index contributed by atoms with van der Waals surface area (Å²) in [5, 5.41) is 0. The Morgan fingerprint density at radius 3 is 2.25 bits per heavy atom. The molecule has 0 saturated heterocycles. The van der Waals surface area contributed by atoms with Crippen molar-refractivity contribution >= 4 is 80.4 Å². The first kappa shape index (κ1) is 10.5. The first-order chi connectivity index (χ1) is 3.77. The van der Waals surface area contributed by atoms with Crippen LogP contribution < -0.4 is 0 Å². The first-order valence-electron chi connectivity index (χ1n) is 1.23. The monoisotopic (exact) mass is 258 g/mol. The van der Waals surface area contributed by atoms with Gasteiger partial charge in [0, 0.05) is 0 Å². The van der Waals surface area contributed by atoms with Crippen LogP contribution in [0.4, 0.5) is 0 Å². The van der Waals surface area contributed by atoms with Gasteiger partial charge in [-0.1, -0.05) is 11.7 Å². The zero-order valence-electron chi connectivity index (χ0n) is 3.34. The number of rotatable bonds is 4. The van der Waals surface area contributed by atoms with Gasteiger partial charge in [0.05, 0.1) is 0 Å². The van der Waals surface area contributed by atoms with E-state index in [4.69, 9.17) is 22.4 Å². The molecule has 50 valence electrons. The van der Waals surface area contributed by atoms with Crippen molar-refractivity contribution in [2.24, 2.45) is 0 Å². The average molecular weight is 259 g/mol. The van der Waals surface area contributed by atoms with Gasteiger partial charge in [0.1, 0.15) is 0 Å². The van der Waals surface area contributed by atoms with Gasteiger partial charge in [-0.2, -0.15) is 0 Å². The minimum absolute atomic E-state index is 0.634. The molecule has 0 aromatic rings. The van der Waals surface area contributed by atoms with Crippen molar-refractivity contribution in [3.8, 4) is 0 Å². The molecule has 0 heterocycles. The van der Waals surface area contributed by atoms with Crippen LogP contribution in [-0.2, 0) is 29.4 Å². The van der Waals surface area contributed by atoms with Gasteiger partial charge >= 0.3 is 0 Å². The standard InChI is InChI=1S/H2S8/c1-4-5-6-7-8(2)3/h1,8H. The summed E-state index contributed by atoms with van der Waals surface area (Å²) >= 11 is 13.4. The Bertz CT molecular complexity index is 88.6. The topological polar surface area (TPSA) is 0 Å². The minimum Gasteiger partial charge on any atom is -0.0988 e. The number of thiol groups is 2. The summed E-state index contributed by atoms with van der Waals surface area (Å²) in [6.07, 6.45) is 0. The molecule has 0 atom stereocenters. The molecule has 0 aromatic carbocycles. The van der Waals surface area contributed by atoms with E-state index in [1.165, 1.54) is 9.83 Å². The van der Waals surface area contributed by atoms with Crippen LogP contribution in [-0.4, -0.2) is 0 Å². The lowest BCUT2D eigenvalue weighted by Gasteiger charge is -1.86. The number of hydrogen-bond donors (Lipinski definition) is 2. The Hall–Kier alpha value is 2.54. The predicted molar refractivity (Wildman–Crippen MR) is 62.8 cm³/mol. The lowest BCUT2D eigenvalue weighted by atomic mass is 30.2. The van der Waals surface area contributed by atoms with E-state index in [0.717, 1.165) is 0 Å². The molecule has 0 radical (unpaired) electrons. The van der Waals surface area contributed by atoms with Crippen molar-refractivity contribution in [1.29, 1.82) is 0 Å². The van der Waals surface area contributed by atoms with Crippen molar-refractivity contribution in [1.82, 2.24) is 0 Å². The van der Waals surface area contributed by atoms with Gasteiger partial charge in [0.2, 0.25) is 0 Å². The highest BCUT2D eigenvalue weighted by atomic mass is 33.9. The van der Waals surface area contributed by atoms with Gasteiger partial charge in [-0.25, -0.2) is 0 Å². The fraction of sp³-hybridized carbons (Fsp3) is 0. The molecule has 0 spiro atoms.